The van der Waals surface area contributed by atoms with Crippen LogP contribution in [0.5, 0.6) is 0 Å². The summed E-state index contributed by atoms with van der Waals surface area (Å²) in [4.78, 5) is 23.7. The Labute approximate surface area is 124 Å². The van der Waals surface area contributed by atoms with Crippen LogP contribution in [0.15, 0.2) is 36.1 Å². The third kappa shape index (κ3) is 5.69. The third-order valence-corrected chi connectivity index (χ3v) is 2.40. The molecule has 114 valence electrons. The molecule has 0 saturated heterocycles. The molecule has 5 heteroatoms. The van der Waals surface area contributed by atoms with Gasteiger partial charge in [-0.2, -0.15) is 0 Å². The first-order valence-corrected chi connectivity index (χ1v) is 6.74. The van der Waals surface area contributed by atoms with Gasteiger partial charge in [-0.15, -0.1) is 0 Å². The Balaban J connectivity index is 2.62. The number of esters is 2. The highest BCUT2D eigenvalue weighted by Crippen LogP contribution is 2.12. The largest absolute Gasteiger partial charge is 0.498 e. The van der Waals surface area contributed by atoms with Crippen molar-refractivity contribution in [2.45, 2.75) is 20.8 Å². The maximum absolute atomic E-state index is 12.0. The van der Waals surface area contributed by atoms with E-state index in [1.165, 1.54) is 12.1 Å². The fraction of sp³-hybridized carbons (Fsp3) is 0.375. The van der Waals surface area contributed by atoms with Gasteiger partial charge >= 0.3 is 11.9 Å². The van der Waals surface area contributed by atoms with Gasteiger partial charge in [0.25, 0.3) is 0 Å². The average Bonchev–Trinajstić information content (AvgIpc) is 2.46. The molecule has 0 unspecified atom stereocenters. The molecule has 0 spiro atoms. The van der Waals surface area contributed by atoms with Crippen LogP contribution in [0.4, 0.5) is 0 Å². The van der Waals surface area contributed by atoms with E-state index in [1.54, 1.807) is 25.3 Å². The van der Waals surface area contributed by atoms with Crippen molar-refractivity contribution in [1.29, 1.82) is 0 Å². The molecule has 0 atom stereocenters. The van der Waals surface area contributed by atoms with Gasteiger partial charge in [-0.3, -0.25) is 0 Å². The lowest BCUT2D eigenvalue weighted by Crippen LogP contribution is -2.15. The third-order valence-electron chi connectivity index (χ3n) is 2.40. The Bertz CT molecular complexity index is 515. The molecule has 0 heterocycles. The number of ether oxygens (including phenoxy) is 3. The van der Waals surface area contributed by atoms with E-state index in [0.29, 0.717) is 0 Å². The van der Waals surface area contributed by atoms with Crippen molar-refractivity contribution in [3.05, 3.63) is 47.2 Å². The van der Waals surface area contributed by atoms with Gasteiger partial charge in [0.05, 0.1) is 24.0 Å². The van der Waals surface area contributed by atoms with Crippen molar-refractivity contribution >= 4 is 11.9 Å². The second kappa shape index (κ2) is 8.79. The Morgan fingerprint density at radius 3 is 2.10 bits per heavy atom. The van der Waals surface area contributed by atoms with Gasteiger partial charge < -0.3 is 14.2 Å². The van der Waals surface area contributed by atoms with Gasteiger partial charge in [0.15, 0.2) is 0 Å². The Morgan fingerprint density at radius 1 is 1.00 bits per heavy atom. The number of rotatable bonds is 7. The van der Waals surface area contributed by atoms with Gasteiger partial charge in [0, 0.05) is 0 Å². The zero-order chi connectivity index (χ0) is 15.7. The fourth-order valence-corrected chi connectivity index (χ4v) is 1.53. The van der Waals surface area contributed by atoms with E-state index >= 15 is 0 Å². The van der Waals surface area contributed by atoms with Crippen molar-refractivity contribution in [1.82, 2.24) is 0 Å². The first kappa shape index (κ1) is 16.8. The monoisotopic (exact) mass is 292 g/mol. The number of hydrogen-bond donors (Lipinski definition) is 0. The lowest BCUT2D eigenvalue weighted by Gasteiger charge is -2.09. The van der Waals surface area contributed by atoms with Gasteiger partial charge in [-0.05, 0) is 38.5 Å². The normalized spacial score (nSPS) is 9.67. The highest BCUT2D eigenvalue weighted by molar-refractivity contribution is 6.03. The first-order valence-electron chi connectivity index (χ1n) is 6.74. The van der Waals surface area contributed by atoms with Gasteiger partial charge in [-0.1, -0.05) is 12.1 Å². The summed E-state index contributed by atoms with van der Waals surface area (Å²) in [5.74, 6) is -1.11. The van der Waals surface area contributed by atoms with Crippen LogP contribution in [-0.4, -0.2) is 31.8 Å². The van der Waals surface area contributed by atoms with Crippen LogP contribution in [0, 0.1) is 0 Å². The molecule has 0 bridgehead atoms. The van der Waals surface area contributed by atoms with Crippen LogP contribution >= 0.6 is 0 Å². The quantitative estimate of drug-likeness (QED) is 0.439. The van der Waals surface area contributed by atoms with Gasteiger partial charge in [-0.25, -0.2) is 9.59 Å². The average molecular weight is 292 g/mol. The fourth-order valence-electron chi connectivity index (χ4n) is 1.53. The molecule has 0 radical (unpaired) electrons. The second-order valence-electron chi connectivity index (χ2n) is 4.47. The molecule has 0 fully saturated rings. The van der Waals surface area contributed by atoms with E-state index in [1.807, 2.05) is 13.8 Å². The molecule has 21 heavy (non-hydrogen) atoms. The van der Waals surface area contributed by atoms with Crippen LogP contribution in [0.3, 0.4) is 0 Å². The number of carbonyl (C=O) groups is 2. The minimum Gasteiger partial charge on any atom is -0.498 e. The summed E-state index contributed by atoms with van der Waals surface area (Å²) in [6, 6.07) is 6.40. The molecule has 1 aromatic carbocycles. The lowest BCUT2D eigenvalue weighted by molar-refractivity contribution is 0.0402. The molecule has 1 rings (SSSR count). The standard InChI is InChI=1S/C16H20O5/c1-4-20-15(17)13-7-5-6-8-14(13)16(18)21-10-9-19-11-12(2)3/h5-8,11H,4,9-10H2,1-3H3. The second-order valence-corrected chi connectivity index (χ2v) is 4.47. The number of allylic oxidation sites excluding steroid dienone is 1. The zero-order valence-corrected chi connectivity index (χ0v) is 12.5. The summed E-state index contributed by atoms with van der Waals surface area (Å²) in [6.45, 7) is 6.14. The molecule has 0 amide bonds. The van der Waals surface area contributed by atoms with Crippen LogP contribution in [-0.2, 0) is 14.2 Å². The summed E-state index contributed by atoms with van der Waals surface area (Å²) >= 11 is 0. The Morgan fingerprint density at radius 2 is 1.57 bits per heavy atom. The van der Waals surface area contributed by atoms with Gasteiger partial charge in [0.2, 0.25) is 0 Å². The summed E-state index contributed by atoms with van der Waals surface area (Å²) in [6.07, 6.45) is 1.60. The molecular weight excluding hydrogens is 272 g/mol. The predicted molar refractivity (Wildman–Crippen MR) is 78.1 cm³/mol. The van der Waals surface area contributed by atoms with Crippen molar-refractivity contribution < 1.29 is 23.8 Å². The molecule has 0 aliphatic heterocycles. The summed E-state index contributed by atoms with van der Waals surface area (Å²) in [5, 5.41) is 0. The molecule has 0 N–H and O–H groups in total. The number of benzene rings is 1. The van der Waals surface area contributed by atoms with Crippen molar-refractivity contribution in [2.75, 3.05) is 19.8 Å². The minimum atomic E-state index is -0.570. The molecular formula is C16H20O5. The molecule has 0 saturated carbocycles. The highest BCUT2D eigenvalue weighted by atomic mass is 16.6. The molecule has 0 aromatic heterocycles. The van der Waals surface area contributed by atoms with E-state index in [9.17, 15) is 9.59 Å². The maximum atomic E-state index is 12.0. The first-order chi connectivity index (χ1) is 10.1. The Hall–Kier alpha value is -2.30. The lowest BCUT2D eigenvalue weighted by atomic mass is 10.1. The van der Waals surface area contributed by atoms with E-state index in [2.05, 4.69) is 0 Å². The molecule has 1 aromatic rings. The molecule has 0 aliphatic rings. The SMILES string of the molecule is CCOC(=O)c1ccccc1C(=O)OCCOC=C(C)C. The predicted octanol–water partition coefficient (Wildman–Crippen LogP) is 2.96. The molecule has 0 aliphatic carbocycles. The van der Waals surface area contributed by atoms with Gasteiger partial charge in [0.1, 0.15) is 13.2 Å². The smallest absolute Gasteiger partial charge is 0.339 e. The topological polar surface area (TPSA) is 61.8 Å². The number of carbonyl (C=O) groups excluding carboxylic acids is 2. The van der Waals surface area contributed by atoms with Crippen molar-refractivity contribution in [2.24, 2.45) is 0 Å². The van der Waals surface area contributed by atoms with E-state index in [-0.39, 0.29) is 30.9 Å². The van der Waals surface area contributed by atoms with Crippen LogP contribution in [0.25, 0.3) is 0 Å². The summed E-state index contributed by atoms with van der Waals surface area (Å²) in [5.41, 5.74) is 1.42. The van der Waals surface area contributed by atoms with Crippen molar-refractivity contribution in [3.8, 4) is 0 Å². The van der Waals surface area contributed by atoms with E-state index in [0.717, 1.165) is 5.57 Å². The van der Waals surface area contributed by atoms with Crippen LogP contribution in [0.2, 0.25) is 0 Å². The number of hydrogen-bond acceptors (Lipinski definition) is 5. The van der Waals surface area contributed by atoms with Crippen LogP contribution < -0.4 is 0 Å². The highest BCUT2D eigenvalue weighted by Gasteiger charge is 2.18. The van der Waals surface area contributed by atoms with Crippen LogP contribution in [0.1, 0.15) is 41.5 Å². The Kier molecular flexibility index (Phi) is 7.01. The zero-order valence-electron chi connectivity index (χ0n) is 12.5. The molecule has 5 nitrogen and oxygen atoms in total. The minimum absolute atomic E-state index is 0.111. The van der Waals surface area contributed by atoms with Crippen molar-refractivity contribution in [3.63, 3.8) is 0 Å². The van der Waals surface area contributed by atoms with E-state index in [4.69, 9.17) is 14.2 Å². The summed E-state index contributed by atoms with van der Waals surface area (Å²) in [7, 11) is 0. The maximum Gasteiger partial charge on any atom is 0.339 e. The summed E-state index contributed by atoms with van der Waals surface area (Å²) < 4.78 is 15.2. The van der Waals surface area contributed by atoms with E-state index < -0.39 is 11.9 Å².